The number of aromatic nitrogens is 2. The van der Waals surface area contributed by atoms with Gasteiger partial charge in [-0.05, 0) is 6.92 Å². The molecule has 0 aromatic carbocycles. The molecule has 0 N–H and O–H groups in total. The van der Waals surface area contributed by atoms with Gasteiger partial charge in [-0.3, -0.25) is 9.69 Å². The van der Waals surface area contributed by atoms with Crippen molar-refractivity contribution in [2.45, 2.75) is 26.7 Å². The summed E-state index contributed by atoms with van der Waals surface area (Å²) in [4.78, 5) is 21.8. The van der Waals surface area contributed by atoms with E-state index in [0.29, 0.717) is 18.1 Å². The first-order valence-corrected chi connectivity index (χ1v) is 5.43. The summed E-state index contributed by atoms with van der Waals surface area (Å²) in [6.07, 6.45) is 1.65. The smallest absolute Gasteiger partial charge is 0.266 e. The lowest BCUT2D eigenvalue weighted by Crippen LogP contribution is -2.39. The average Bonchev–Trinajstić information content (AvgIpc) is 2.28. The lowest BCUT2D eigenvalue weighted by atomic mass is 10.2. The van der Waals surface area contributed by atoms with Crippen LogP contribution in [0.3, 0.4) is 0 Å². The number of ether oxygens (including phenoxy) is 1. The Hall–Kier alpha value is -1.65. The molecule has 1 aromatic rings. The molecule has 16 heavy (non-hydrogen) atoms. The van der Waals surface area contributed by atoms with Crippen LogP contribution >= 0.6 is 0 Å². The van der Waals surface area contributed by atoms with Crippen LogP contribution < -0.4 is 9.64 Å². The van der Waals surface area contributed by atoms with Gasteiger partial charge in [-0.15, -0.1) is 0 Å². The van der Waals surface area contributed by atoms with E-state index in [2.05, 4.69) is 9.97 Å². The molecule has 86 valence electrons. The van der Waals surface area contributed by atoms with Gasteiger partial charge in [0.25, 0.3) is 5.91 Å². The normalized spacial score (nSPS) is 15.0. The van der Waals surface area contributed by atoms with Crippen LogP contribution in [0.15, 0.2) is 6.20 Å². The van der Waals surface area contributed by atoms with Gasteiger partial charge in [-0.2, -0.15) is 0 Å². The van der Waals surface area contributed by atoms with Crippen LogP contribution in [0.4, 0.5) is 5.82 Å². The molecule has 0 saturated heterocycles. The van der Waals surface area contributed by atoms with Crippen molar-refractivity contribution in [1.29, 1.82) is 0 Å². The zero-order chi connectivity index (χ0) is 11.7. The van der Waals surface area contributed by atoms with Crippen molar-refractivity contribution in [2.75, 3.05) is 18.1 Å². The maximum Gasteiger partial charge on any atom is 0.266 e. The fourth-order valence-electron chi connectivity index (χ4n) is 1.61. The Morgan fingerprint density at radius 3 is 2.94 bits per heavy atom. The molecule has 2 heterocycles. The molecule has 1 aromatic heterocycles. The highest BCUT2D eigenvalue weighted by molar-refractivity contribution is 5.96. The van der Waals surface area contributed by atoms with Gasteiger partial charge < -0.3 is 4.74 Å². The van der Waals surface area contributed by atoms with Crippen LogP contribution in [0.25, 0.3) is 0 Å². The molecule has 0 aliphatic carbocycles. The second-order valence-electron chi connectivity index (χ2n) is 4.00. The van der Waals surface area contributed by atoms with Crippen molar-refractivity contribution < 1.29 is 9.53 Å². The minimum Gasteiger partial charge on any atom is -0.478 e. The summed E-state index contributed by atoms with van der Waals surface area (Å²) in [5.74, 6) is 2.10. The molecule has 0 saturated carbocycles. The van der Waals surface area contributed by atoms with E-state index >= 15 is 0 Å². The third kappa shape index (κ3) is 1.73. The molecule has 5 heteroatoms. The van der Waals surface area contributed by atoms with Crippen molar-refractivity contribution in [3.05, 3.63) is 12.0 Å². The number of anilines is 1. The van der Waals surface area contributed by atoms with E-state index in [4.69, 9.17) is 4.74 Å². The number of carbonyl (C=O) groups excluding carboxylic acids is 1. The molecule has 2 rings (SSSR count). The number of rotatable bonds is 2. The molecule has 0 spiro atoms. The molecule has 1 amide bonds. The maximum absolute atomic E-state index is 11.6. The largest absolute Gasteiger partial charge is 0.478 e. The van der Waals surface area contributed by atoms with E-state index in [9.17, 15) is 4.79 Å². The van der Waals surface area contributed by atoms with Gasteiger partial charge in [0, 0.05) is 12.5 Å². The number of likely N-dealkylation sites (N-methyl/N-ethyl adjacent to an activating group) is 1. The van der Waals surface area contributed by atoms with Gasteiger partial charge in [-0.1, -0.05) is 13.8 Å². The van der Waals surface area contributed by atoms with Crippen molar-refractivity contribution in [1.82, 2.24) is 9.97 Å². The number of hydrogen-bond donors (Lipinski definition) is 0. The van der Waals surface area contributed by atoms with Crippen LogP contribution in [0, 0.1) is 0 Å². The zero-order valence-corrected chi connectivity index (χ0v) is 9.73. The van der Waals surface area contributed by atoms with E-state index in [-0.39, 0.29) is 18.4 Å². The molecule has 1 aliphatic heterocycles. The van der Waals surface area contributed by atoms with E-state index < -0.39 is 0 Å². The molecule has 5 nitrogen and oxygen atoms in total. The van der Waals surface area contributed by atoms with Gasteiger partial charge in [0.2, 0.25) is 0 Å². The summed E-state index contributed by atoms with van der Waals surface area (Å²) in [5.41, 5.74) is 0. The Kier molecular flexibility index (Phi) is 2.77. The van der Waals surface area contributed by atoms with E-state index in [1.165, 1.54) is 0 Å². The first-order chi connectivity index (χ1) is 7.63. The maximum atomic E-state index is 11.6. The quantitative estimate of drug-likeness (QED) is 0.756. The third-order valence-corrected chi connectivity index (χ3v) is 2.50. The Bertz CT molecular complexity index is 418. The first kappa shape index (κ1) is 10.9. The van der Waals surface area contributed by atoms with E-state index in [0.717, 1.165) is 5.82 Å². The van der Waals surface area contributed by atoms with Crippen molar-refractivity contribution in [2.24, 2.45) is 0 Å². The second kappa shape index (κ2) is 4.08. The van der Waals surface area contributed by atoms with Gasteiger partial charge in [-0.25, -0.2) is 9.97 Å². The minimum absolute atomic E-state index is 0.0524. The zero-order valence-electron chi connectivity index (χ0n) is 9.73. The van der Waals surface area contributed by atoms with Crippen LogP contribution in [-0.4, -0.2) is 29.0 Å². The lowest BCUT2D eigenvalue weighted by molar-refractivity contribution is -0.121. The molecule has 0 atom stereocenters. The summed E-state index contributed by atoms with van der Waals surface area (Å²) >= 11 is 0. The molecular weight excluding hydrogens is 206 g/mol. The highest BCUT2D eigenvalue weighted by Gasteiger charge is 2.26. The predicted molar refractivity (Wildman–Crippen MR) is 59.6 cm³/mol. The molecule has 0 radical (unpaired) electrons. The van der Waals surface area contributed by atoms with Crippen LogP contribution in [0.1, 0.15) is 32.5 Å². The van der Waals surface area contributed by atoms with Gasteiger partial charge in [0.15, 0.2) is 18.2 Å². The average molecular weight is 221 g/mol. The van der Waals surface area contributed by atoms with E-state index in [1.807, 2.05) is 20.8 Å². The predicted octanol–water partition coefficient (Wildman–Crippen LogP) is 1.35. The summed E-state index contributed by atoms with van der Waals surface area (Å²) in [7, 11) is 0. The fraction of sp³-hybridized carbons (Fsp3) is 0.545. The number of hydrogen-bond acceptors (Lipinski definition) is 4. The van der Waals surface area contributed by atoms with Gasteiger partial charge in [0.1, 0.15) is 5.82 Å². The second-order valence-corrected chi connectivity index (χ2v) is 4.00. The van der Waals surface area contributed by atoms with Crippen molar-refractivity contribution >= 4 is 11.7 Å². The van der Waals surface area contributed by atoms with Gasteiger partial charge >= 0.3 is 0 Å². The Morgan fingerprint density at radius 2 is 2.31 bits per heavy atom. The van der Waals surface area contributed by atoms with Crippen LogP contribution in [-0.2, 0) is 4.79 Å². The highest BCUT2D eigenvalue weighted by Crippen LogP contribution is 2.29. The van der Waals surface area contributed by atoms with Crippen molar-refractivity contribution in [3.63, 3.8) is 0 Å². The molecule has 0 bridgehead atoms. The van der Waals surface area contributed by atoms with E-state index in [1.54, 1.807) is 11.1 Å². The highest BCUT2D eigenvalue weighted by atomic mass is 16.5. The van der Waals surface area contributed by atoms with Crippen LogP contribution in [0.2, 0.25) is 0 Å². The Balaban J connectivity index is 2.45. The summed E-state index contributed by atoms with van der Waals surface area (Å²) in [6.45, 7) is 6.63. The Morgan fingerprint density at radius 1 is 1.56 bits per heavy atom. The molecule has 1 aliphatic rings. The number of fused-ring (bicyclic) bond motifs is 1. The Labute approximate surface area is 94.5 Å². The number of nitrogens with zero attached hydrogens (tertiary/aromatic N) is 3. The number of carbonyl (C=O) groups is 1. The summed E-state index contributed by atoms with van der Waals surface area (Å²) in [5, 5.41) is 0. The van der Waals surface area contributed by atoms with Crippen LogP contribution in [0.5, 0.6) is 5.75 Å². The topological polar surface area (TPSA) is 55.3 Å². The minimum atomic E-state index is -0.0524. The molecular formula is C11H15N3O2. The third-order valence-electron chi connectivity index (χ3n) is 2.50. The van der Waals surface area contributed by atoms with Gasteiger partial charge in [0.05, 0.1) is 6.20 Å². The summed E-state index contributed by atoms with van der Waals surface area (Å²) in [6, 6.07) is 0. The van der Waals surface area contributed by atoms with Crippen molar-refractivity contribution in [3.8, 4) is 5.75 Å². The summed E-state index contributed by atoms with van der Waals surface area (Å²) < 4.78 is 5.29. The first-order valence-electron chi connectivity index (χ1n) is 5.43. The standard InChI is InChI=1S/C11H15N3O2/c1-4-14-9(15)6-16-8-5-12-10(7(2)3)13-11(8)14/h5,7H,4,6H2,1-3H3. The monoisotopic (exact) mass is 221 g/mol. The fourth-order valence-corrected chi connectivity index (χ4v) is 1.61. The SMILES string of the molecule is CCN1C(=O)COc2cnc(C(C)C)nc21. The molecule has 0 unspecified atom stereocenters. The molecule has 0 fully saturated rings. The lowest BCUT2D eigenvalue weighted by Gasteiger charge is -2.27. The number of amides is 1.